The fraction of sp³-hybridized carbons (Fsp3) is 0.130. The van der Waals surface area contributed by atoms with Crippen molar-refractivity contribution in [1.29, 1.82) is 0 Å². The Kier molecular flexibility index (Phi) is 4.53. The van der Waals surface area contributed by atoms with Gasteiger partial charge in [-0.2, -0.15) is 4.98 Å². The Morgan fingerprint density at radius 3 is 2.55 bits per heavy atom. The lowest BCUT2D eigenvalue weighted by Crippen LogP contribution is -2.09. The van der Waals surface area contributed by atoms with Gasteiger partial charge in [0.15, 0.2) is 11.3 Å². The molecule has 0 aliphatic rings. The summed E-state index contributed by atoms with van der Waals surface area (Å²) in [5, 5.41) is 9.22. The van der Waals surface area contributed by atoms with Gasteiger partial charge >= 0.3 is 0 Å². The molecule has 0 amide bonds. The van der Waals surface area contributed by atoms with Crippen molar-refractivity contribution in [3.8, 4) is 5.75 Å². The molecule has 3 aromatic carbocycles. The average molecular weight is 481 g/mol. The van der Waals surface area contributed by atoms with Gasteiger partial charge in [-0.25, -0.2) is 4.68 Å². The fourth-order valence-electron chi connectivity index (χ4n) is 4.24. The van der Waals surface area contributed by atoms with Gasteiger partial charge in [-0.05, 0) is 42.5 Å². The van der Waals surface area contributed by atoms with Crippen LogP contribution in [0.3, 0.4) is 0 Å². The predicted octanol–water partition coefficient (Wildman–Crippen LogP) is 5.75. The maximum absolute atomic E-state index is 6.30. The number of aromatic nitrogens is 4. The van der Waals surface area contributed by atoms with Crippen LogP contribution in [0, 0.1) is 0 Å². The standard InChI is InChI=1S/C23H18Cl2N6O2/c24-11-2-4-17-13(8-11)15-10-16-14-9-12(25)3-5-18(14)33-20(16)21(19(15)28-17)32-7-1-6-31-23(27)29-22(26)30-31/h2-5,8-10,28H,1,6-7H2,(H4,26,27,29,30). The molecule has 166 valence electrons. The number of furan rings is 1. The van der Waals surface area contributed by atoms with Crippen molar-refractivity contribution in [2.45, 2.75) is 13.0 Å². The van der Waals surface area contributed by atoms with Crippen LogP contribution in [0.25, 0.3) is 43.7 Å². The zero-order valence-electron chi connectivity index (χ0n) is 17.2. The summed E-state index contributed by atoms with van der Waals surface area (Å²) in [7, 11) is 0. The van der Waals surface area contributed by atoms with E-state index in [1.807, 2.05) is 36.4 Å². The molecule has 3 heterocycles. The van der Waals surface area contributed by atoms with Gasteiger partial charge in [0.05, 0.1) is 12.1 Å². The van der Waals surface area contributed by atoms with E-state index in [0.717, 1.165) is 38.2 Å². The quantitative estimate of drug-likeness (QED) is 0.270. The van der Waals surface area contributed by atoms with Crippen LogP contribution in [-0.2, 0) is 6.54 Å². The van der Waals surface area contributed by atoms with Crippen molar-refractivity contribution in [3.05, 3.63) is 52.5 Å². The van der Waals surface area contributed by atoms with Crippen LogP contribution in [-0.4, -0.2) is 26.4 Å². The first-order valence-corrected chi connectivity index (χ1v) is 11.1. The first-order chi connectivity index (χ1) is 16.0. The van der Waals surface area contributed by atoms with Crippen molar-refractivity contribution in [3.63, 3.8) is 0 Å². The Bertz CT molecular complexity index is 1590. The molecule has 0 unspecified atom stereocenters. The number of aromatic amines is 1. The molecule has 0 spiro atoms. The van der Waals surface area contributed by atoms with Gasteiger partial charge in [0.2, 0.25) is 11.9 Å². The van der Waals surface area contributed by atoms with Crippen molar-refractivity contribution < 1.29 is 9.15 Å². The number of ether oxygens (including phenoxy) is 1. The lowest BCUT2D eigenvalue weighted by molar-refractivity contribution is 0.302. The zero-order chi connectivity index (χ0) is 22.7. The largest absolute Gasteiger partial charge is 0.488 e. The summed E-state index contributed by atoms with van der Waals surface area (Å²) < 4.78 is 14.1. The number of fused-ring (bicyclic) bond motifs is 6. The molecular weight excluding hydrogens is 463 g/mol. The van der Waals surface area contributed by atoms with E-state index in [9.17, 15) is 0 Å². The first-order valence-electron chi connectivity index (χ1n) is 10.3. The molecule has 0 radical (unpaired) electrons. The molecule has 10 heteroatoms. The molecule has 0 aliphatic carbocycles. The van der Waals surface area contributed by atoms with E-state index in [1.165, 1.54) is 0 Å². The molecule has 0 fully saturated rings. The van der Waals surface area contributed by atoms with Crippen LogP contribution in [0.5, 0.6) is 5.75 Å². The van der Waals surface area contributed by atoms with Crippen LogP contribution in [0.4, 0.5) is 11.9 Å². The van der Waals surface area contributed by atoms with Gasteiger partial charge in [-0.15, -0.1) is 5.10 Å². The van der Waals surface area contributed by atoms with E-state index in [-0.39, 0.29) is 11.9 Å². The summed E-state index contributed by atoms with van der Waals surface area (Å²) in [6, 6.07) is 13.4. The molecule has 3 aromatic heterocycles. The number of aryl methyl sites for hydroxylation is 1. The number of nitrogens with zero attached hydrogens (tertiary/aromatic N) is 3. The molecular formula is C23H18Cl2N6O2. The molecule has 6 aromatic rings. The normalized spacial score (nSPS) is 11.9. The second kappa shape index (κ2) is 7.47. The van der Waals surface area contributed by atoms with Crippen molar-refractivity contribution in [2.75, 3.05) is 18.1 Å². The molecule has 0 saturated heterocycles. The Balaban J connectivity index is 1.47. The third-order valence-corrected chi connectivity index (χ3v) is 6.16. The van der Waals surface area contributed by atoms with E-state index in [1.54, 1.807) is 4.68 Å². The molecule has 5 N–H and O–H groups in total. The van der Waals surface area contributed by atoms with Crippen molar-refractivity contribution in [1.82, 2.24) is 19.7 Å². The van der Waals surface area contributed by atoms with Crippen LogP contribution in [0.15, 0.2) is 46.9 Å². The van der Waals surface area contributed by atoms with E-state index in [2.05, 4.69) is 21.1 Å². The topological polar surface area (TPSA) is 121 Å². The maximum Gasteiger partial charge on any atom is 0.241 e. The number of halogens is 2. The van der Waals surface area contributed by atoms with Gasteiger partial charge in [-0.1, -0.05) is 23.2 Å². The van der Waals surface area contributed by atoms with Gasteiger partial charge in [0, 0.05) is 50.1 Å². The Hall–Kier alpha value is -3.62. The summed E-state index contributed by atoms with van der Waals surface area (Å²) in [5.74, 6) is 1.06. The summed E-state index contributed by atoms with van der Waals surface area (Å²) in [5.41, 5.74) is 14.6. The number of nitrogen functional groups attached to an aromatic ring is 2. The van der Waals surface area contributed by atoms with Crippen molar-refractivity contribution in [2.24, 2.45) is 0 Å². The zero-order valence-corrected chi connectivity index (χ0v) is 18.7. The van der Waals surface area contributed by atoms with Crippen molar-refractivity contribution >= 4 is 78.8 Å². The number of hydrogen-bond acceptors (Lipinski definition) is 6. The summed E-state index contributed by atoms with van der Waals surface area (Å²) in [4.78, 5) is 7.38. The minimum atomic E-state index is 0.151. The molecule has 8 nitrogen and oxygen atoms in total. The minimum absolute atomic E-state index is 0.151. The highest BCUT2D eigenvalue weighted by molar-refractivity contribution is 6.33. The molecule has 0 saturated carbocycles. The summed E-state index contributed by atoms with van der Waals surface area (Å²) in [6.07, 6.45) is 0.642. The Morgan fingerprint density at radius 2 is 1.76 bits per heavy atom. The lowest BCUT2D eigenvalue weighted by Gasteiger charge is -2.09. The number of nitrogens with two attached hydrogens (primary N) is 2. The maximum atomic E-state index is 6.30. The lowest BCUT2D eigenvalue weighted by atomic mass is 10.1. The van der Waals surface area contributed by atoms with E-state index in [4.69, 9.17) is 43.8 Å². The highest BCUT2D eigenvalue weighted by Crippen LogP contribution is 2.43. The molecule has 0 atom stereocenters. The fourth-order valence-corrected chi connectivity index (χ4v) is 4.58. The third kappa shape index (κ3) is 3.30. The highest BCUT2D eigenvalue weighted by Gasteiger charge is 2.20. The SMILES string of the molecule is Nc1nc(N)n(CCCOc2c3[nH]c4ccc(Cl)cc4c3cc3c2oc2ccc(Cl)cc23)n1. The number of rotatable bonds is 5. The van der Waals surface area contributed by atoms with Gasteiger partial charge in [0.25, 0.3) is 0 Å². The third-order valence-electron chi connectivity index (χ3n) is 5.69. The van der Waals surface area contributed by atoms with Crippen LogP contribution in [0.2, 0.25) is 10.0 Å². The van der Waals surface area contributed by atoms with Gasteiger partial charge in [-0.3, -0.25) is 0 Å². The minimum Gasteiger partial charge on any atom is -0.488 e. The second-order valence-corrected chi connectivity index (χ2v) is 8.69. The van der Waals surface area contributed by atoms with Crippen LogP contribution < -0.4 is 16.2 Å². The second-order valence-electron chi connectivity index (χ2n) is 7.82. The molecule has 0 aliphatic heterocycles. The number of nitrogens with one attached hydrogen (secondary N) is 1. The van der Waals surface area contributed by atoms with Crippen LogP contribution >= 0.6 is 23.2 Å². The number of hydrogen-bond donors (Lipinski definition) is 3. The average Bonchev–Trinajstić information content (AvgIpc) is 3.43. The van der Waals surface area contributed by atoms with Gasteiger partial charge in [0.1, 0.15) is 5.58 Å². The smallest absolute Gasteiger partial charge is 0.241 e. The first kappa shape index (κ1) is 20.0. The highest BCUT2D eigenvalue weighted by atomic mass is 35.5. The number of benzene rings is 3. The molecule has 33 heavy (non-hydrogen) atoms. The van der Waals surface area contributed by atoms with Crippen LogP contribution in [0.1, 0.15) is 6.42 Å². The van der Waals surface area contributed by atoms with E-state index < -0.39 is 0 Å². The number of H-pyrrole nitrogens is 1. The van der Waals surface area contributed by atoms with Gasteiger partial charge < -0.3 is 25.6 Å². The molecule has 6 rings (SSSR count). The van der Waals surface area contributed by atoms with E-state index in [0.29, 0.717) is 41.0 Å². The summed E-state index contributed by atoms with van der Waals surface area (Å²) >= 11 is 12.6. The number of anilines is 2. The van der Waals surface area contributed by atoms with E-state index >= 15 is 0 Å². The predicted molar refractivity (Wildman–Crippen MR) is 132 cm³/mol. The Labute approximate surface area is 197 Å². The Morgan fingerprint density at radius 1 is 0.970 bits per heavy atom. The monoisotopic (exact) mass is 480 g/mol. The molecule has 0 bridgehead atoms. The summed E-state index contributed by atoms with van der Waals surface area (Å²) in [6.45, 7) is 0.925.